The standard InChI is InChI=1S/C47H30N4.C30H20N2.C17H11BrN2/c1-3-12-31(13-4-1)32-21-23-34(24-22-32)49-39-18-9-7-16-36(39)45-42(49)27-28-43-46(45)37-17-8-10-19-40(37)51(43)35-25-26-41-38(30-35)47-44(20-11-29-48-47)50(41)33-14-5-2-6-15-33;1-2-8-20(9-3-1)21-14-16-22(17-15-21)32-27-13-7-5-11-24(27)30-28(32)19-18-26-29(30)23-10-4-6-12-25(23)31-26;18-12-8-9-15-14(11-12)17-16(7-4-10-19-17)20(15)13-5-2-1-3-6-13/h1-30H;1-19,31H;1-11H. The van der Waals surface area contributed by atoms with Crippen LogP contribution < -0.4 is 0 Å². The molecule has 22 aromatic rings. The first-order valence-electron chi connectivity index (χ1n) is 34.8. The molecule has 0 aliphatic rings. The fraction of sp³-hybridized carbons (Fsp3) is 0. The lowest BCUT2D eigenvalue weighted by Crippen LogP contribution is -1.96. The van der Waals surface area contributed by atoms with Gasteiger partial charge in [0, 0.05) is 110 Å². The van der Waals surface area contributed by atoms with Gasteiger partial charge in [-0.05, 0) is 180 Å². The Morgan fingerprint density at radius 1 is 0.214 bits per heavy atom. The number of H-pyrrole nitrogens is 1. The third-order valence-corrected chi connectivity index (χ3v) is 21.0. The lowest BCUT2D eigenvalue weighted by Gasteiger charge is -2.11. The van der Waals surface area contributed by atoms with Gasteiger partial charge in [-0.1, -0.05) is 210 Å². The van der Waals surface area contributed by atoms with E-state index in [1.807, 2.05) is 30.6 Å². The SMILES string of the molecule is Brc1ccc2c(c1)c1ncccc1n2-c1ccccc1.c1ccc(-c2ccc(-n3c4ccccc4c4c5c(ccc43)[nH]c3ccccc35)cc2)cc1.c1ccc(-c2ccc(-n3c4ccccc4c4c5c6ccccc6n(-c6ccc7c(c6)c6ncccc6n7-c6ccccc6)c5ccc43)cc2)cc1. The highest BCUT2D eigenvalue weighted by molar-refractivity contribution is 9.10. The molecule has 103 heavy (non-hydrogen) atoms. The number of aromatic amines is 1. The summed E-state index contributed by atoms with van der Waals surface area (Å²) >= 11 is 3.55. The molecule has 0 saturated carbocycles. The summed E-state index contributed by atoms with van der Waals surface area (Å²) in [5.41, 5.74) is 26.8. The zero-order chi connectivity index (χ0) is 68.1. The molecule has 22 rings (SSSR count). The number of hydrogen-bond acceptors (Lipinski definition) is 2. The number of fused-ring (bicyclic) bond motifs is 20. The van der Waals surface area contributed by atoms with Crippen molar-refractivity contribution in [1.29, 1.82) is 0 Å². The van der Waals surface area contributed by atoms with E-state index in [2.05, 4.69) is 382 Å². The second-order valence-electron chi connectivity index (χ2n) is 26.2. The first-order chi connectivity index (χ1) is 51.1. The predicted molar refractivity (Wildman–Crippen MR) is 435 cm³/mol. The van der Waals surface area contributed by atoms with Crippen LogP contribution in [0.15, 0.2) is 369 Å². The van der Waals surface area contributed by atoms with Gasteiger partial charge >= 0.3 is 0 Å². The van der Waals surface area contributed by atoms with E-state index >= 15 is 0 Å². The molecule has 8 heterocycles. The summed E-state index contributed by atoms with van der Waals surface area (Å²) in [6.45, 7) is 0. The fourth-order valence-electron chi connectivity index (χ4n) is 16.1. The largest absolute Gasteiger partial charge is 0.354 e. The van der Waals surface area contributed by atoms with Crippen molar-refractivity contribution in [2.75, 3.05) is 0 Å². The van der Waals surface area contributed by atoms with Crippen LogP contribution in [-0.2, 0) is 0 Å². The van der Waals surface area contributed by atoms with Gasteiger partial charge in [-0.2, -0.15) is 0 Å². The van der Waals surface area contributed by atoms with Crippen LogP contribution in [0.5, 0.6) is 0 Å². The molecule has 0 aliphatic heterocycles. The first kappa shape index (κ1) is 59.7. The van der Waals surface area contributed by atoms with E-state index in [0.29, 0.717) is 0 Å². The van der Waals surface area contributed by atoms with Crippen molar-refractivity contribution >= 4 is 147 Å². The molecule has 0 amide bonds. The maximum atomic E-state index is 4.90. The third kappa shape index (κ3) is 9.80. The average molecular weight is 1380 g/mol. The summed E-state index contributed by atoms with van der Waals surface area (Å²) in [7, 11) is 0. The smallest absolute Gasteiger partial charge is 0.0964 e. The Morgan fingerprint density at radius 2 is 0.544 bits per heavy atom. The van der Waals surface area contributed by atoms with Gasteiger partial charge < -0.3 is 27.8 Å². The second kappa shape index (κ2) is 24.5. The molecule has 0 unspecified atom stereocenters. The number of benzene rings is 14. The van der Waals surface area contributed by atoms with Gasteiger partial charge in [-0.25, -0.2) is 0 Å². The lowest BCUT2D eigenvalue weighted by molar-refractivity contribution is 1.16. The van der Waals surface area contributed by atoms with Crippen LogP contribution in [0.3, 0.4) is 0 Å². The van der Waals surface area contributed by atoms with Crippen LogP contribution in [0, 0.1) is 0 Å². The van der Waals surface area contributed by atoms with Gasteiger partial charge in [0.25, 0.3) is 0 Å². The van der Waals surface area contributed by atoms with Crippen LogP contribution >= 0.6 is 15.9 Å². The van der Waals surface area contributed by atoms with E-state index in [4.69, 9.17) is 4.98 Å². The minimum absolute atomic E-state index is 1.00. The summed E-state index contributed by atoms with van der Waals surface area (Å²) in [5, 5.41) is 12.5. The van der Waals surface area contributed by atoms with Crippen molar-refractivity contribution in [3.8, 4) is 50.7 Å². The summed E-state index contributed by atoms with van der Waals surface area (Å²) in [5.74, 6) is 0. The number of para-hydroxylation sites is 6. The van der Waals surface area contributed by atoms with Crippen LogP contribution in [0.25, 0.3) is 182 Å². The van der Waals surface area contributed by atoms with Crippen LogP contribution in [0.4, 0.5) is 0 Å². The maximum Gasteiger partial charge on any atom is 0.0964 e. The molecule has 0 atom stereocenters. The number of aromatic nitrogens is 8. The van der Waals surface area contributed by atoms with Crippen molar-refractivity contribution in [2.45, 2.75) is 0 Å². The van der Waals surface area contributed by atoms with Crippen LogP contribution in [-0.4, -0.2) is 37.8 Å². The number of halogens is 1. The Kier molecular flexibility index (Phi) is 14.2. The normalized spacial score (nSPS) is 11.7. The van der Waals surface area contributed by atoms with Crippen molar-refractivity contribution in [1.82, 2.24) is 37.8 Å². The lowest BCUT2D eigenvalue weighted by atomic mass is 10.1. The number of nitrogens with one attached hydrogen (secondary N) is 1. The number of hydrogen-bond donors (Lipinski definition) is 1. The Balaban J connectivity index is 0.000000115. The fourth-order valence-corrected chi connectivity index (χ4v) is 16.5. The van der Waals surface area contributed by atoms with Gasteiger partial charge in [0.1, 0.15) is 0 Å². The van der Waals surface area contributed by atoms with E-state index in [1.54, 1.807) is 0 Å². The monoisotopic (exact) mass is 1380 g/mol. The van der Waals surface area contributed by atoms with Gasteiger partial charge in [0.2, 0.25) is 0 Å². The van der Waals surface area contributed by atoms with E-state index in [1.165, 1.54) is 126 Å². The summed E-state index contributed by atoms with van der Waals surface area (Å²) in [6.07, 6.45) is 3.74. The molecule has 484 valence electrons. The Bertz CT molecular complexity index is 7020. The van der Waals surface area contributed by atoms with Crippen molar-refractivity contribution < 1.29 is 0 Å². The molecule has 8 nitrogen and oxygen atoms in total. The first-order valence-corrected chi connectivity index (χ1v) is 35.6. The van der Waals surface area contributed by atoms with Gasteiger partial charge in [0.05, 0.1) is 66.2 Å². The van der Waals surface area contributed by atoms with Crippen LogP contribution in [0.1, 0.15) is 0 Å². The molecule has 0 radical (unpaired) electrons. The highest BCUT2D eigenvalue weighted by Crippen LogP contribution is 2.45. The van der Waals surface area contributed by atoms with E-state index in [-0.39, 0.29) is 0 Å². The average Bonchev–Trinajstić information content (AvgIpc) is 1.42. The highest BCUT2D eigenvalue weighted by atomic mass is 79.9. The van der Waals surface area contributed by atoms with Crippen LogP contribution in [0.2, 0.25) is 0 Å². The number of nitrogens with zero attached hydrogens (tertiary/aromatic N) is 7. The second-order valence-corrected chi connectivity index (χ2v) is 27.2. The highest BCUT2D eigenvalue weighted by Gasteiger charge is 2.23. The van der Waals surface area contributed by atoms with Crippen molar-refractivity contribution in [3.05, 3.63) is 369 Å². The molecule has 14 aromatic carbocycles. The minimum atomic E-state index is 1.00. The summed E-state index contributed by atoms with van der Waals surface area (Å²) in [4.78, 5) is 13.1. The summed E-state index contributed by atoms with van der Waals surface area (Å²) in [6, 6.07) is 125. The van der Waals surface area contributed by atoms with Crippen molar-refractivity contribution in [3.63, 3.8) is 0 Å². The maximum absolute atomic E-state index is 4.90. The topological polar surface area (TPSA) is 66.2 Å². The Hall–Kier alpha value is -13.3. The van der Waals surface area contributed by atoms with E-state index < -0.39 is 0 Å². The Morgan fingerprint density at radius 3 is 1.04 bits per heavy atom. The Labute approximate surface area is 600 Å². The number of rotatable bonds is 7. The predicted octanol–water partition coefficient (Wildman–Crippen LogP) is 25.1. The van der Waals surface area contributed by atoms with Gasteiger partial charge in [0.15, 0.2) is 0 Å². The summed E-state index contributed by atoms with van der Waals surface area (Å²) < 4.78 is 12.9. The molecule has 1 N–H and O–H groups in total. The molecular formula is C94H61BrN8. The molecule has 0 aliphatic carbocycles. The number of pyridine rings is 2. The molecule has 0 bridgehead atoms. The molecular weight excluding hydrogens is 1320 g/mol. The molecule has 9 heteroatoms. The zero-order valence-electron chi connectivity index (χ0n) is 55.6. The van der Waals surface area contributed by atoms with E-state index in [0.717, 1.165) is 60.2 Å². The van der Waals surface area contributed by atoms with Gasteiger partial charge in [-0.3, -0.25) is 9.97 Å². The molecule has 0 fully saturated rings. The quantitative estimate of drug-likeness (QED) is 0.173. The van der Waals surface area contributed by atoms with Crippen molar-refractivity contribution in [2.24, 2.45) is 0 Å². The molecule has 0 saturated heterocycles. The van der Waals surface area contributed by atoms with Gasteiger partial charge in [-0.15, -0.1) is 0 Å². The minimum Gasteiger partial charge on any atom is -0.354 e. The molecule has 0 spiro atoms. The zero-order valence-corrected chi connectivity index (χ0v) is 57.2. The third-order valence-electron chi connectivity index (χ3n) is 20.5. The van der Waals surface area contributed by atoms with E-state index in [9.17, 15) is 0 Å². The molecule has 8 aromatic heterocycles.